The Morgan fingerprint density at radius 3 is 2.78 bits per heavy atom. The molecule has 0 unspecified atom stereocenters. The maximum atomic E-state index is 12.6. The van der Waals surface area contributed by atoms with E-state index in [1.54, 1.807) is 0 Å². The maximum absolute atomic E-state index is 12.6. The first-order chi connectivity index (χ1) is 8.63. The number of hydrogen-bond acceptors (Lipinski definition) is 2. The lowest BCUT2D eigenvalue weighted by atomic mass is 9.86. The fourth-order valence-corrected chi connectivity index (χ4v) is 3.11. The van der Waals surface area contributed by atoms with E-state index in [2.05, 4.69) is 23.5 Å². The molecule has 1 heterocycles. The third-order valence-corrected chi connectivity index (χ3v) is 4.14. The van der Waals surface area contributed by atoms with Crippen LogP contribution in [-0.4, -0.2) is 31.5 Å². The molecule has 2 aliphatic rings. The summed E-state index contributed by atoms with van der Waals surface area (Å²) in [5.74, 6) is 0. The van der Waals surface area contributed by atoms with Crippen molar-refractivity contribution in [3.63, 3.8) is 0 Å². The Bertz CT molecular complexity index is 455. The summed E-state index contributed by atoms with van der Waals surface area (Å²) in [5.41, 5.74) is 3.83. The average Bonchev–Trinajstić information content (AvgIpc) is 3.07. The smallest absolute Gasteiger partial charge is 0.251 e. The van der Waals surface area contributed by atoms with Crippen molar-refractivity contribution >= 4 is 5.69 Å². The monoisotopic (exact) mass is 252 g/mol. The van der Waals surface area contributed by atoms with Gasteiger partial charge < -0.3 is 5.32 Å². The summed E-state index contributed by atoms with van der Waals surface area (Å²) in [6, 6.07) is 6.36. The minimum absolute atomic E-state index is 0.106. The summed E-state index contributed by atoms with van der Waals surface area (Å²) in [6.07, 6.45) is 0.0342. The van der Waals surface area contributed by atoms with Crippen LogP contribution >= 0.6 is 0 Å². The number of rotatable bonds is 3. The number of anilines is 1. The molecule has 1 aromatic carbocycles. The minimum Gasteiger partial charge on any atom is -0.388 e. The van der Waals surface area contributed by atoms with Crippen LogP contribution in [0.5, 0.6) is 0 Å². The van der Waals surface area contributed by atoms with E-state index in [1.165, 1.54) is 11.1 Å². The van der Waals surface area contributed by atoms with Gasteiger partial charge in [0.2, 0.25) is 0 Å². The number of fused-ring (bicyclic) bond motifs is 2. The topological polar surface area (TPSA) is 15.3 Å². The van der Waals surface area contributed by atoms with Crippen LogP contribution in [0.4, 0.5) is 14.5 Å². The van der Waals surface area contributed by atoms with Crippen molar-refractivity contribution in [1.82, 2.24) is 4.90 Å². The molecule has 0 aromatic heterocycles. The molecule has 1 spiro atoms. The second kappa shape index (κ2) is 4.19. The zero-order chi connectivity index (χ0) is 12.8. The van der Waals surface area contributed by atoms with Crippen molar-refractivity contribution < 1.29 is 8.78 Å². The summed E-state index contributed by atoms with van der Waals surface area (Å²) >= 11 is 0. The lowest BCUT2D eigenvalue weighted by Crippen LogP contribution is -2.40. The largest absolute Gasteiger partial charge is 0.388 e. The molecule has 0 radical (unpaired) electrons. The molecule has 1 aromatic rings. The number of halogens is 2. The van der Waals surface area contributed by atoms with Gasteiger partial charge >= 0.3 is 0 Å². The van der Waals surface area contributed by atoms with Gasteiger partial charge in [0.25, 0.3) is 6.43 Å². The zero-order valence-electron chi connectivity index (χ0n) is 10.5. The Hall–Kier alpha value is -1.16. The Morgan fingerprint density at radius 2 is 2.17 bits per heavy atom. The summed E-state index contributed by atoms with van der Waals surface area (Å²) in [4.78, 5) is 1.90. The quantitative estimate of drug-likeness (QED) is 0.890. The van der Waals surface area contributed by atoms with Crippen LogP contribution in [0.3, 0.4) is 0 Å². The summed E-state index contributed by atoms with van der Waals surface area (Å²) < 4.78 is 25.1. The first-order valence-electron chi connectivity index (χ1n) is 6.45. The average molecular weight is 252 g/mol. The van der Waals surface area contributed by atoms with E-state index in [0.29, 0.717) is 6.54 Å². The first kappa shape index (κ1) is 11.9. The normalized spacial score (nSPS) is 21.1. The predicted octanol–water partition coefficient (Wildman–Crippen LogP) is 2.84. The van der Waals surface area contributed by atoms with Crippen molar-refractivity contribution in [2.45, 2.75) is 31.2 Å². The summed E-state index contributed by atoms with van der Waals surface area (Å²) in [6.45, 7) is 1.34. The van der Waals surface area contributed by atoms with Gasteiger partial charge in [0, 0.05) is 31.2 Å². The maximum Gasteiger partial charge on any atom is 0.251 e. The highest BCUT2D eigenvalue weighted by Crippen LogP contribution is 2.52. The zero-order valence-corrected chi connectivity index (χ0v) is 10.5. The van der Waals surface area contributed by atoms with E-state index in [0.717, 1.165) is 25.1 Å². The second-order valence-corrected chi connectivity index (χ2v) is 5.46. The van der Waals surface area contributed by atoms with Gasteiger partial charge in [-0.15, -0.1) is 0 Å². The molecular formula is C14H18F2N2. The first-order valence-corrected chi connectivity index (χ1v) is 6.45. The molecule has 0 saturated heterocycles. The fraction of sp³-hybridized carbons (Fsp3) is 0.571. The van der Waals surface area contributed by atoms with Crippen molar-refractivity contribution in [2.24, 2.45) is 0 Å². The molecule has 2 nitrogen and oxygen atoms in total. The van der Waals surface area contributed by atoms with Gasteiger partial charge in [-0.2, -0.15) is 0 Å². The second-order valence-electron chi connectivity index (χ2n) is 5.46. The highest BCUT2D eigenvalue weighted by molar-refractivity contribution is 5.52. The lowest BCUT2D eigenvalue weighted by Gasteiger charge is -2.35. The van der Waals surface area contributed by atoms with Crippen molar-refractivity contribution in [3.05, 3.63) is 29.3 Å². The van der Waals surface area contributed by atoms with Gasteiger partial charge in [-0.05, 0) is 36.1 Å². The molecule has 0 amide bonds. The van der Waals surface area contributed by atoms with E-state index in [-0.39, 0.29) is 12.0 Å². The minimum atomic E-state index is -2.24. The highest BCUT2D eigenvalue weighted by atomic mass is 19.3. The molecule has 1 aliphatic heterocycles. The van der Waals surface area contributed by atoms with E-state index >= 15 is 0 Å². The molecule has 4 heteroatoms. The van der Waals surface area contributed by atoms with E-state index < -0.39 is 6.43 Å². The van der Waals surface area contributed by atoms with Crippen LogP contribution in [0.15, 0.2) is 18.2 Å². The molecule has 1 saturated carbocycles. The third kappa shape index (κ3) is 1.99. The van der Waals surface area contributed by atoms with E-state index in [4.69, 9.17) is 0 Å². The van der Waals surface area contributed by atoms with Crippen molar-refractivity contribution in [2.75, 3.05) is 25.5 Å². The molecular weight excluding hydrogens is 234 g/mol. The van der Waals surface area contributed by atoms with Gasteiger partial charge in [-0.1, -0.05) is 6.07 Å². The molecule has 3 rings (SSSR count). The molecule has 1 aliphatic carbocycles. The van der Waals surface area contributed by atoms with Crippen LogP contribution in [0, 0.1) is 0 Å². The van der Waals surface area contributed by atoms with Crippen LogP contribution in [0.2, 0.25) is 0 Å². The Kier molecular flexibility index (Phi) is 2.77. The van der Waals surface area contributed by atoms with E-state index in [9.17, 15) is 8.78 Å². The molecule has 1 N–H and O–H groups in total. The molecule has 1 fully saturated rings. The van der Waals surface area contributed by atoms with Gasteiger partial charge in [-0.25, -0.2) is 8.78 Å². The predicted molar refractivity (Wildman–Crippen MR) is 68.2 cm³/mol. The van der Waals surface area contributed by atoms with Gasteiger partial charge in [0.1, 0.15) is 0 Å². The summed E-state index contributed by atoms with van der Waals surface area (Å²) in [7, 11) is 1.88. The van der Waals surface area contributed by atoms with Crippen LogP contribution < -0.4 is 5.32 Å². The SMILES string of the molecule is CNc1ccc2c(c1)CN(CC(F)F)CC21CC1. The van der Waals surface area contributed by atoms with Gasteiger partial charge in [0.05, 0.1) is 6.54 Å². The van der Waals surface area contributed by atoms with Crippen LogP contribution in [-0.2, 0) is 12.0 Å². The van der Waals surface area contributed by atoms with Crippen LogP contribution in [0.1, 0.15) is 24.0 Å². The van der Waals surface area contributed by atoms with Gasteiger partial charge in [-0.3, -0.25) is 4.90 Å². The van der Waals surface area contributed by atoms with E-state index in [1.807, 2.05) is 11.9 Å². The Labute approximate surface area is 106 Å². The lowest BCUT2D eigenvalue weighted by molar-refractivity contribution is 0.0749. The number of hydrogen-bond donors (Lipinski definition) is 1. The van der Waals surface area contributed by atoms with Gasteiger partial charge in [0.15, 0.2) is 0 Å². The number of alkyl halides is 2. The highest BCUT2D eigenvalue weighted by Gasteiger charge is 2.49. The third-order valence-electron chi connectivity index (χ3n) is 4.14. The molecule has 0 atom stereocenters. The standard InChI is InChI=1S/C14H18F2N2/c1-17-11-2-3-12-10(6-11)7-18(8-13(15)16)9-14(12)4-5-14/h2-3,6,13,17H,4-5,7-9H2,1H3. The molecule has 18 heavy (non-hydrogen) atoms. The van der Waals surface area contributed by atoms with Crippen LogP contribution in [0.25, 0.3) is 0 Å². The summed E-state index contributed by atoms with van der Waals surface area (Å²) in [5, 5.41) is 3.11. The van der Waals surface area contributed by atoms with Crippen molar-refractivity contribution in [1.29, 1.82) is 0 Å². The number of benzene rings is 1. The van der Waals surface area contributed by atoms with Crippen molar-refractivity contribution in [3.8, 4) is 0 Å². The Balaban J connectivity index is 1.91. The Morgan fingerprint density at radius 1 is 1.39 bits per heavy atom. The number of nitrogens with zero attached hydrogens (tertiary/aromatic N) is 1. The molecule has 98 valence electrons. The number of nitrogens with one attached hydrogen (secondary N) is 1. The fourth-order valence-electron chi connectivity index (χ4n) is 3.11. The molecule has 0 bridgehead atoms.